The van der Waals surface area contributed by atoms with Crippen molar-refractivity contribution in [2.75, 3.05) is 6.54 Å². The van der Waals surface area contributed by atoms with Gasteiger partial charge in [0.1, 0.15) is 0 Å². The molecule has 4 nitrogen and oxygen atoms in total. The highest BCUT2D eigenvalue weighted by molar-refractivity contribution is 5.11. The molecule has 1 aromatic heterocycles. The molecule has 1 aromatic rings. The third kappa shape index (κ3) is 3.46. The van der Waals surface area contributed by atoms with Crippen molar-refractivity contribution >= 4 is 0 Å². The van der Waals surface area contributed by atoms with Crippen molar-refractivity contribution in [2.24, 2.45) is 12.8 Å². The van der Waals surface area contributed by atoms with Crippen LogP contribution in [0, 0.1) is 0 Å². The molecule has 4 heteroatoms. The van der Waals surface area contributed by atoms with E-state index in [2.05, 4.69) is 5.10 Å². The van der Waals surface area contributed by atoms with Crippen molar-refractivity contribution in [1.29, 1.82) is 0 Å². The van der Waals surface area contributed by atoms with Crippen LogP contribution in [0.3, 0.4) is 0 Å². The second-order valence-corrected chi connectivity index (χ2v) is 3.21. The van der Waals surface area contributed by atoms with E-state index in [-0.39, 0.29) is 6.10 Å². The molecule has 0 aliphatic carbocycles. The Labute approximate surface area is 78.7 Å². The molecule has 0 aliphatic rings. The molecular formula is C9H17N3O. The first-order valence-electron chi connectivity index (χ1n) is 4.57. The van der Waals surface area contributed by atoms with Gasteiger partial charge >= 0.3 is 0 Å². The van der Waals surface area contributed by atoms with E-state index in [0.717, 1.165) is 25.1 Å². The molecule has 0 aliphatic heterocycles. The van der Waals surface area contributed by atoms with E-state index in [9.17, 15) is 0 Å². The van der Waals surface area contributed by atoms with E-state index in [4.69, 9.17) is 10.5 Å². The molecule has 0 radical (unpaired) electrons. The standard InChI is InChI=1S/C9H17N3O/c1-8(4-3-5-10)13-9-6-11-12(2)7-9/h6-8H,3-5,10H2,1-2H3. The molecule has 0 bridgehead atoms. The van der Waals surface area contributed by atoms with Crippen LogP contribution in [0.1, 0.15) is 19.8 Å². The number of aromatic nitrogens is 2. The predicted molar refractivity (Wildman–Crippen MR) is 51.6 cm³/mol. The summed E-state index contributed by atoms with van der Waals surface area (Å²) in [5, 5.41) is 4.02. The van der Waals surface area contributed by atoms with E-state index in [1.807, 2.05) is 20.2 Å². The Hall–Kier alpha value is -1.03. The highest BCUT2D eigenvalue weighted by atomic mass is 16.5. The lowest BCUT2D eigenvalue weighted by Crippen LogP contribution is -2.13. The van der Waals surface area contributed by atoms with Gasteiger partial charge in [-0.1, -0.05) is 0 Å². The zero-order valence-corrected chi connectivity index (χ0v) is 8.23. The van der Waals surface area contributed by atoms with E-state index in [1.165, 1.54) is 0 Å². The van der Waals surface area contributed by atoms with Crippen LogP contribution >= 0.6 is 0 Å². The monoisotopic (exact) mass is 183 g/mol. The fourth-order valence-corrected chi connectivity index (χ4v) is 1.16. The third-order valence-electron chi connectivity index (χ3n) is 1.83. The van der Waals surface area contributed by atoms with E-state index < -0.39 is 0 Å². The summed E-state index contributed by atoms with van der Waals surface area (Å²) in [5.74, 6) is 0.826. The van der Waals surface area contributed by atoms with Crippen LogP contribution in [0.5, 0.6) is 5.75 Å². The van der Waals surface area contributed by atoms with Gasteiger partial charge in [0.15, 0.2) is 5.75 Å². The minimum Gasteiger partial charge on any atom is -0.487 e. The van der Waals surface area contributed by atoms with Gasteiger partial charge in [0.2, 0.25) is 0 Å². The van der Waals surface area contributed by atoms with Crippen molar-refractivity contribution in [2.45, 2.75) is 25.9 Å². The van der Waals surface area contributed by atoms with E-state index >= 15 is 0 Å². The molecule has 1 unspecified atom stereocenters. The molecule has 0 saturated heterocycles. The van der Waals surface area contributed by atoms with Gasteiger partial charge in [0.25, 0.3) is 0 Å². The topological polar surface area (TPSA) is 53.1 Å². The molecular weight excluding hydrogens is 166 g/mol. The molecule has 13 heavy (non-hydrogen) atoms. The summed E-state index contributed by atoms with van der Waals surface area (Å²) in [7, 11) is 1.87. The van der Waals surface area contributed by atoms with E-state index in [1.54, 1.807) is 10.9 Å². The first kappa shape index (κ1) is 10.1. The Kier molecular flexibility index (Phi) is 3.76. The lowest BCUT2D eigenvalue weighted by Gasteiger charge is -2.11. The summed E-state index contributed by atoms with van der Waals surface area (Å²) in [6, 6.07) is 0. The second-order valence-electron chi connectivity index (χ2n) is 3.21. The first-order chi connectivity index (χ1) is 6.22. The molecule has 74 valence electrons. The highest BCUT2D eigenvalue weighted by Gasteiger charge is 2.04. The predicted octanol–water partition coefficient (Wildman–Crippen LogP) is 0.926. The summed E-state index contributed by atoms with van der Waals surface area (Å²) in [6.45, 7) is 2.77. The molecule has 0 amide bonds. The summed E-state index contributed by atoms with van der Waals surface area (Å²) in [5.41, 5.74) is 5.40. The average molecular weight is 183 g/mol. The second kappa shape index (κ2) is 4.87. The van der Waals surface area contributed by atoms with Gasteiger partial charge in [-0.25, -0.2) is 0 Å². The maximum absolute atomic E-state index is 5.60. The quantitative estimate of drug-likeness (QED) is 0.738. The summed E-state index contributed by atoms with van der Waals surface area (Å²) >= 11 is 0. The van der Waals surface area contributed by atoms with Gasteiger partial charge in [-0.05, 0) is 26.3 Å². The minimum atomic E-state index is 0.216. The van der Waals surface area contributed by atoms with Crippen LogP contribution in [-0.4, -0.2) is 22.4 Å². The van der Waals surface area contributed by atoms with Crippen molar-refractivity contribution < 1.29 is 4.74 Å². The number of rotatable bonds is 5. The first-order valence-corrected chi connectivity index (χ1v) is 4.57. The third-order valence-corrected chi connectivity index (χ3v) is 1.83. The summed E-state index contributed by atoms with van der Waals surface area (Å²) in [6.07, 6.45) is 5.79. The fourth-order valence-electron chi connectivity index (χ4n) is 1.16. The Morgan fingerprint density at radius 1 is 1.69 bits per heavy atom. The molecule has 1 rings (SSSR count). The highest BCUT2D eigenvalue weighted by Crippen LogP contribution is 2.11. The average Bonchev–Trinajstić information content (AvgIpc) is 2.48. The van der Waals surface area contributed by atoms with Crippen LogP contribution in [-0.2, 0) is 7.05 Å². The van der Waals surface area contributed by atoms with Crippen LogP contribution < -0.4 is 10.5 Å². The summed E-state index contributed by atoms with van der Waals surface area (Å²) in [4.78, 5) is 0. The lowest BCUT2D eigenvalue weighted by molar-refractivity contribution is 0.208. The summed E-state index contributed by atoms with van der Waals surface area (Å²) < 4.78 is 7.33. The van der Waals surface area contributed by atoms with Gasteiger partial charge in [0.05, 0.1) is 18.5 Å². The maximum atomic E-state index is 5.60. The van der Waals surface area contributed by atoms with Gasteiger partial charge < -0.3 is 10.5 Å². The lowest BCUT2D eigenvalue weighted by atomic mass is 10.2. The van der Waals surface area contributed by atoms with Crippen LogP contribution in [0.15, 0.2) is 12.4 Å². The Bertz CT molecular complexity index is 247. The van der Waals surface area contributed by atoms with Crippen molar-refractivity contribution in [1.82, 2.24) is 9.78 Å². The fraction of sp³-hybridized carbons (Fsp3) is 0.667. The largest absolute Gasteiger partial charge is 0.487 e. The van der Waals surface area contributed by atoms with Gasteiger partial charge in [-0.15, -0.1) is 0 Å². The van der Waals surface area contributed by atoms with Crippen molar-refractivity contribution in [3.05, 3.63) is 12.4 Å². The normalized spacial score (nSPS) is 12.8. The number of nitrogens with two attached hydrogens (primary N) is 1. The van der Waals surface area contributed by atoms with Crippen LogP contribution in [0.2, 0.25) is 0 Å². The van der Waals surface area contributed by atoms with Crippen molar-refractivity contribution in [3.63, 3.8) is 0 Å². The van der Waals surface area contributed by atoms with Crippen LogP contribution in [0.25, 0.3) is 0 Å². The number of ether oxygens (including phenoxy) is 1. The molecule has 1 heterocycles. The number of hydrogen-bond acceptors (Lipinski definition) is 3. The molecule has 1 atom stereocenters. The maximum Gasteiger partial charge on any atom is 0.157 e. The van der Waals surface area contributed by atoms with E-state index in [0.29, 0.717) is 0 Å². The zero-order chi connectivity index (χ0) is 9.68. The Morgan fingerprint density at radius 3 is 3.00 bits per heavy atom. The molecule has 0 fully saturated rings. The number of hydrogen-bond donors (Lipinski definition) is 1. The smallest absolute Gasteiger partial charge is 0.157 e. The van der Waals surface area contributed by atoms with Gasteiger partial charge in [0, 0.05) is 7.05 Å². The molecule has 0 aromatic carbocycles. The minimum absolute atomic E-state index is 0.216. The number of nitrogens with zero attached hydrogens (tertiary/aromatic N) is 2. The van der Waals surface area contributed by atoms with Gasteiger partial charge in [-0.3, -0.25) is 4.68 Å². The van der Waals surface area contributed by atoms with Crippen molar-refractivity contribution in [3.8, 4) is 5.75 Å². The molecule has 2 N–H and O–H groups in total. The Morgan fingerprint density at radius 2 is 2.46 bits per heavy atom. The van der Waals surface area contributed by atoms with Gasteiger partial charge in [-0.2, -0.15) is 5.10 Å². The molecule has 0 saturated carbocycles. The zero-order valence-electron chi connectivity index (χ0n) is 8.23. The SMILES string of the molecule is CC(CCCN)Oc1cnn(C)c1. The molecule has 0 spiro atoms. The van der Waals surface area contributed by atoms with Crippen LogP contribution in [0.4, 0.5) is 0 Å². The number of aryl methyl sites for hydroxylation is 1. The Balaban J connectivity index is 2.31.